The van der Waals surface area contributed by atoms with Gasteiger partial charge in [0.05, 0.1) is 10.8 Å². The molecule has 0 heterocycles. The predicted molar refractivity (Wildman–Crippen MR) is 73.6 cm³/mol. The molecule has 0 aromatic heterocycles. The molecule has 0 bridgehead atoms. The van der Waals surface area contributed by atoms with Crippen LogP contribution in [0.1, 0.15) is 31.1 Å². The van der Waals surface area contributed by atoms with Crippen LogP contribution in [0.15, 0.2) is 24.3 Å². The van der Waals surface area contributed by atoms with Gasteiger partial charge in [-0.3, -0.25) is 14.9 Å². The number of rotatable bonds is 8. The molecule has 0 N–H and O–H groups in total. The molecule has 6 heteroatoms. The van der Waals surface area contributed by atoms with Crippen LogP contribution >= 0.6 is 0 Å². The summed E-state index contributed by atoms with van der Waals surface area (Å²) in [4.78, 5) is 22.5. The zero-order valence-electron chi connectivity index (χ0n) is 11.9. The monoisotopic (exact) mass is 281 g/mol. The number of ether oxygens (including phenoxy) is 2. The Balaban J connectivity index is 2.92. The second-order valence-corrected chi connectivity index (χ2v) is 4.24. The lowest BCUT2D eigenvalue weighted by atomic mass is 9.98. The van der Waals surface area contributed by atoms with E-state index < -0.39 is 17.1 Å². The Morgan fingerprint density at radius 3 is 2.40 bits per heavy atom. The van der Waals surface area contributed by atoms with Gasteiger partial charge in [-0.25, -0.2) is 0 Å². The number of carbonyl (C=O) groups is 1. The fourth-order valence-corrected chi connectivity index (χ4v) is 1.82. The van der Waals surface area contributed by atoms with Gasteiger partial charge >= 0.3 is 0 Å². The average Bonchev–Trinajstić information content (AvgIpc) is 2.45. The molecule has 1 aromatic rings. The number of benzene rings is 1. The van der Waals surface area contributed by atoms with Gasteiger partial charge in [0.15, 0.2) is 12.1 Å². The van der Waals surface area contributed by atoms with Crippen LogP contribution in [0.3, 0.4) is 0 Å². The summed E-state index contributed by atoms with van der Waals surface area (Å²) in [6.45, 7) is 6.18. The SMILES string of the molecule is CCOC(OCC)C(C)C(=O)c1cccc([N+](=O)[O-])c1. The Kier molecular flexibility index (Phi) is 6.27. The highest BCUT2D eigenvalue weighted by molar-refractivity contribution is 5.98. The smallest absolute Gasteiger partial charge is 0.270 e. The molecule has 1 unspecified atom stereocenters. The van der Waals surface area contributed by atoms with Gasteiger partial charge in [0.1, 0.15) is 0 Å². The number of nitro benzene ring substituents is 1. The first-order valence-electron chi connectivity index (χ1n) is 6.53. The lowest BCUT2D eigenvalue weighted by molar-refractivity contribution is -0.384. The molecular formula is C14H19NO5. The minimum atomic E-state index is -0.642. The van der Waals surface area contributed by atoms with Crippen molar-refractivity contribution in [3.63, 3.8) is 0 Å². The summed E-state index contributed by atoms with van der Waals surface area (Å²) >= 11 is 0. The Hall–Kier alpha value is -1.79. The van der Waals surface area contributed by atoms with Gasteiger partial charge in [-0.15, -0.1) is 0 Å². The number of non-ortho nitro benzene ring substituents is 1. The van der Waals surface area contributed by atoms with E-state index in [0.29, 0.717) is 13.2 Å². The van der Waals surface area contributed by atoms with E-state index in [0.717, 1.165) is 0 Å². The highest BCUT2D eigenvalue weighted by atomic mass is 16.7. The molecular weight excluding hydrogens is 262 g/mol. The number of Topliss-reactive ketones (excluding diaryl/α,β-unsaturated/α-hetero) is 1. The summed E-state index contributed by atoms with van der Waals surface area (Å²) in [5.41, 5.74) is 0.184. The number of nitrogens with zero attached hydrogens (tertiary/aromatic N) is 1. The van der Waals surface area contributed by atoms with Crippen LogP contribution in [0.25, 0.3) is 0 Å². The summed E-state index contributed by atoms with van der Waals surface area (Å²) in [6.07, 6.45) is -0.642. The van der Waals surface area contributed by atoms with Crippen molar-refractivity contribution >= 4 is 11.5 Å². The van der Waals surface area contributed by atoms with Crippen molar-refractivity contribution in [2.45, 2.75) is 27.1 Å². The fraction of sp³-hybridized carbons (Fsp3) is 0.500. The van der Waals surface area contributed by atoms with Crippen LogP contribution in [-0.4, -0.2) is 30.2 Å². The molecule has 0 aliphatic carbocycles. The molecule has 0 amide bonds. The molecule has 6 nitrogen and oxygen atoms in total. The van der Waals surface area contributed by atoms with Gasteiger partial charge in [0, 0.05) is 30.9 Å². The normalized spacial score (nSPS) is 12.4. The predicted octanol–water partition coefficient (Wildman–Crippen LogP) is 2.81. The van der Waals surface area contributed by atoms with Gasteiger partial charge in [-0.05, 0) is 13.8 Å². The van der Waals surface area contributed by atoms with Crippen molar-refractivity contribution < 1.29 is 19.2 Å². The van der Waals surface area contributed by atoms with Gasteiger partial charge < -0.3 is 9.47 Å². The van der Waals surface area contributed by atoms with E-state index in [1.807, 2.05) is 13.8 Å². The minimum absolute atomic E-state index is 0.104. The Bertz CT molecular complexity index is 468. The number of nitro groups is 1. The number of hydrogen-bond acceptors (Lipinski definition) is 5. The van der Waals surface area contributed by atoms with Gasteiger partial charge in [-0.2, -0.15) is 0 Å². The van der Waals surface area contributed by atoms with Crippen LogP contribution < -0.4 is 0 Å². The quantitative estimate of drug-likeness (QED) is 0.317. The topological polar surface area (TPSA) is 78.7 Å². The summed E-state index contributed by atoms with van der Waals surface area (Å²) in [5, 5.41) is 10.7. The van der Waals surface area contributed by atoms with E-state index in [2.05, 4.69) is 0 Å². The van der Waals surface area contributed by atoms with E-state index in [9.17, 15) is 14.9 Å². The second-order valence-electron chi connectivity index (χ2n) is 4.24. The second kappa shape index (κ2) is 7.72. The molecule has 1 atom stereocenters. The first-order chi connectivity index (χ1) is 9.51. The zero-order valence-corrected chi connectivity index (χ0v) is 11.9. The van der Waals surface area contributed by atoms with E-state index in [4.69, 9.17) is 9.47 Å². The number of hydrogen-bond donors (Lipinski definition) is 0. The third kappa shape index (κ3) is 4.11. The van der Waals surface area contributed by atoms with Gasteiger partial charge in [0.25, 0.3) is 5.69 Å². The highest BCUT2D eigenvalue weighted by Crippen LogP contribution is 2.20. The molecule has 0 saturated heterocycles. The van der Waals surface area contributed by atoms with E-state index >= 15 is 0 Å². The molecule has 0 saturated carbocycles. The molecule has 0 aliphatic rings. The Labute approximate surface area is 117 Å². The molecule has 110 valence electrons. The first kappa shape index (κ1) is 16.3. The van der Waals surface area contributed by atoms with Crippen molar-refractivity contribution in [1.29, 1.82) is 0 Å². The number of carbonyl (C=O) groups excluding carboxylic acids is 1. The zero-order chi connectivity index (χ0) is 15.1. The third-order valence-corrected chi connectivity index (χ3v) is 2.83. The maximum Gasteiger partial charge on any atom is 0.270 e. The van der Waals surface area contributed by atoms with Crippen molar-refractivity contribution in [1.82, 2.24) is 0 Å². The molecule has 0 spiro atoms. The van der Waals surface area contributed by atoms with Crippen LogP contribution in [0.2, 0.25) is 0 Å². The highest BCUT2D eigenvalue weighted by Gasteiger charge is 2.26. The average molecular weight is 281 g/mol. The van der Waals surface area contributed by atoms with Crippen LogP contribution in [-0.2, 0) is 9.47 Å². The van der Waals surface area contributed by atoms with Crippen molar-refractivity contribution in [3.05, 3.63) is 39.9 Å². The lowest BCUT2D eigenvalue weighted by Crippen LogP contribution is -2.31. The molecule has 1 rings (SSSR count). The van der Waals surface area contributed by atoms with Crippen LogP contribution in [0.4, 0.5) is 5.69 Å². The van der Waals surface area contributed by atoms with Crippen LogP contribution in [0, 0.1) is 16.0 Å². The molecule has 0 radical (unpaired) electrons. The minimum Gasteiger partial charge on any atom is -0.352 e. The molecule has 1 aromatic carbocycles. The van der Waals surface area contributed by atoms with Gasteiger partial charge in [0.2, 0.25) is 0 Å². The van der Waals surface area contributed by atoms with Crippen LogP contribution in [0.5, 0.6) is 0 Å². The maximum atomic E-state index is 12.3. The number of ketones is 1. The van der Waals surface area contributed by atoms with Crippen molar-refractivity contribution in [3.8, 4) is 0 Å². The largest absolute Gasteiger partial charge is 0.352 e. The van der Waals surface area contributed by atoms with E-state index in [1.165, 1.54) is 18.2 Å². The van der Waals surface area contributed by atoms with E-state index in [-0.39, 0.29) is 17.0 Å². The Morgan fingerprint density at radius 2 is 1.90 bits per heavy atom. The van der Waals surface area contributed by atoms with Crippen molar-refractivity contribution in [2.24, 2.45) is 5.92 Å². The summed E-state index contributed by atoms with van der Waals surface area (Å²) < 4.78 is 10.8. The lowest BCUT2D eigenvalue weighted by Gasteiger charge is -2.22. The standard InChI is InChI=1S/C14H19NO5/c1-4-19-14(20-5-2)10(3)13(16)11-7-6-8-12(9-11)15(17)18/h6-10,14H,4-5H2,1-3H3. The maximum absolute atomic E-state index is 12.3. The molecule has 0 fully saturated rings. The van der Waals surface area contributed by atoms with E-state index in [1.54, 1.807) is 13.0 Å². The van der Waals surface area contributed by atoms with Crippen molar-refractivity contribution in [2.75, 3.05) is 13.2 Å². The Morgan fingerprint density at radius 1 is 1.30 bits per heavy atom. The molecule has 0 aliphatic heterocycles. The first-order valence-corrected chi connectivity index (χ1v) is 6.53. The van der Waals surface area contributed by atoms with Gasteiger partial charge in [-0.1, -0.05) is 19.1 Å². The summed E-state index contributed by atoms with van der Waals surface area (Å²) in [6, 6.07) is 5.67. The fourth-order valence-electron chi connectivity index (χ4n) is 1.82. The molecule has 20 heavy (non-hydrogen) atoms. The summed E-state index contributed by atoms with van der Waals surface area (Å²) in [5.74, 6) is -0.766. The third-order valence-electron chi connectivity index (χ3n) is 2.83. The summed E-state index contributed by atoms with van der Waals surface area (Å²) in [7, 11) is 0.